The highest BCUT2D eigenvalue weighted by atomic mass is 16.5. The summed E-state index contributed by atoms with van der Waals surface area (Å²) >= 11 is 0. The monoisotopic (exact) mass is 428 g/mol. The van der Waals surface area contributed by atoms with Gasteiger partial charge in [-0.05, 0) is 68.0 Å². The maximum atomic E-state index is 13.7. The highest BCUT2D eigenvalue weighted by Crippen LogP contribution is 2.50. The first-order chi connectivity index (χ1) is 15.6. The van der Waals surface area contributed by atoms with Crippen LogP contribution in [0.3, 0.4) is 0 Å². The Morgan fingerprint density at radius 2 is 1.88 bits per heavy atom. The van der Waals surface area contributed by atoms with E-state index in [1.807, 2.05) is 49.5 Å². The summed E-state index contributed by atoms with van der Waals surface area (Å²) in [6.07, 6.45) is 9.32. The molecule has 164 valence electrons. The minimum Gasteiger partial charge on any atom is -0.497 e. The van der Waals surface area contributed by atoms with Crippen molar-refractivity contribution in [3.8, 4) is 16.9 Å². The number of aromatic nitrogens is 3. The van der Waals surface area contributed by atoms with Gasteiger partial charge in [-0.15, -0.1) is 0 Å². The Bertz CT molecular complexity index is 1110. The van der Waals surface area contributed by atoms with Gasteiger partial charge in [0.1, 0.15) is 11.6 Å². The molecule has 2 aliphatic rings. The third kappa shape index (κ3) is 3.74. The Morgan fingerprint density at radius 1 is 1.12 bits per heavy atom. The molecule has 5 rings (SSSR count). The van der Waals surface area contributed by atoms with E-state index >= 15 is 0 Å². The number of hydrogen-bond acceptors (Lipinski definition) is 5. The summed E-state index contributed by atoms with van der Waals surface area (Å²) in [6, 6.07) is 12.0. The van der Waals surface area contributed by atoms with Crippen molar-refractivity contribution in [2.75, 3.05) is 20.2 Å². The molecular weight excluding hydrogens is 400 g/mol. The van der Waals surface area contributed by atoms with Gasteiger partial charge in [-0.25, -0.2) is 9.97 Å². The van der Waals surface area contributed by atoms with E-state index in [-0.39, 0.29) is 17.2 Å². The first-order valence-corrected chi connectivity index (χ1v) is 11.3. The van der Waals surface area contributed by atoms with Gasteiger partial charge in [-0.2, -0.15) is 0 Å². The highest BCUT2D eigenvalue weighted by Gasteiger charge is 2.53. The van der Waals surface area contributed by atoms with Crippen LogP contribution in [-0.4, -0.2) is 46.0 Å². The number of aryl methyl sites for hydroxylation is 1. The van der Waals surface area contributed by atoms with Crippen LogP contribution in [0.5, 0.6) is 5.75 Å². The minimum absolute atomic E-state index is 0.198. The Hall–Kier alpha value is -3.28. The van der Waals surface area contributed by atoms with Gasteiger partial charge in [0.15, 0.2) is 0 Å². The second kappa shape index (κ2) is 8.34. The maximum Gasteiger partial charge on any atom is 0.233 e. The SMILES string of the molecule is COc1ccc(C2(C(=O)N3CCC[C@H](c4nc(C)ncc4-c4ccncc4)C3)CC2)cc1. The fraction of sp³-hybridized carbons (Fsp3) is 0.385. The Balaban J connectivity index is 1.41. The van der Waals surface area contributed by atoms with E-state index < -0.39 is 0 Å². The zero-order valence-corrected chi connectivity index (χ0v) is 18.6. The fourth-order valence-electron chi connectivity index (χ4n) is 4.90. The summed E-state index contributed by atoms with van der Waals surface area (Å²) in [5.74, 6) is 2.03. The van der Waals surface area contributed by atoms with Crippen LogP contribution in [0.4, 0.5) is 0 Å². The number of piperidine rings is 1. The lowest BCUT2D eigenvalue weighted by molar-refractivity contribution is -0.135. The molecule has 0 unspecified atom stereocenters. The van der Waals surface area contributed by atoms with Crippen molar-refractivity contribution in [3.05, 3.63) is 72.1 Å². The molecule has 1 amide bonds. The lowest BCUT2D eigenvalue weighted by atomic mass is 9.88. The fourth-order valence-corrected chi connectivity index (χ4v) is 4.90. The number of nitrogens with zero attached hydrogens (tertiary/aromatic N) is 4. The predicted molar refractivity (Wildman–Crippen MR) is 122 cm³/mol. The molecular formula is C26H28N4O2. The number of benzene rings is 1. The second-order valence-electron chi connectivity index (χ2n) is 8.85. The molecule has 1 atom stereocenters. The summed E-state index contributed by atoms with van der Waals surface area (Å²) < 4.78 is 5.29. The number of carbonyl (C=O) groups is 1. The van der Waals surface area contributed by atoms with Gasteiger partial charge in [0.25, 0.3) is 0 Å². The van der Waals surface area contributed by atoms with E-state index in [1.54, 1.807) is 19.5 Å². The van der Waals surface area contributed by atoms with Gasteiger partial charge >= 0.3 is 0 Å². The first kappa shape index (κ1) is 20.6. The van der Waals surface area contributed by atoms with Crippen LogP contribution in [0.15, 0.2) is 55.0 Å². The number of rotatable bonds is 5. The van der Waals surface area contributed by atoms with E-state index in [0.29, 0.717) is 6.54 Å². The van der Waals surface area contributed by atoms with Crippen molar-refractivity contribution in [2.24, 2.45) is 0 Å². The highest BCUT2D eigenvalue weighted by molar-refractivity contribution is 5.91. The van der Waals surface area contributed by atoms with Crippen molar-refractivity contribution in [3.63, 3.8) is 0 Å². The molecule has 3 aromatic rings. The molecule has 0 N–H and O–H groups in total. The van der Waals surface area contributed by atoms with E-state index in [4.69, 9.17) is 9.72 Å². The smallest absolute Gasteiger partial charge is 0.233 e. The van der Waals surface area contributed by atoms with Gasteiger partial charge in [0, 0.05) is 43.2 Å². The van der Waals surface area contributed by atoms with Crippen molar-refractivity contribution >= 4 is 5.91 Å². The van der Waals surface area contributed by atoms with Crippen molar-refractivity contribution in [1.29, 1.82) is 0 Å². The van der Waals surface area contributed by atoms with Crippen LogP contribution in [0.2, 0.25) is 0 Å². The molecule has 2 fully saturated rings. The van der Waals surface area contributed by atoms with Gasteiger partial charge in [0.05, 0.1) is 18.2 Å². The number of hydrogen-bond donors (Lipinski definition) is 0. The van der Waals surface area contributed by atoms with Crippen LogP contribution < -0.4 is 4.74 Å². The summed E-state index contributed by atoms with van der Waals surface area (Å²) in [4.78, 5) is 29.2. The molecule has 0 spiro atoms. The zero-order valence-electron chi connectivity index (χ0n) is 18.6. The van der Waals surface area contributed by atoms with Gasteiger partial charge < -0.3 is 9.64 Å². The third-order valence-electron chi connectivity index (χ3n) is 6.83. The molecule has 6 heteroatoms. The molecule has 3 heterocycles. The van der Waals surface area contributed by atoms with Gasteiger partial charge in [-0.3, -0.25) is 9.78 Å². The van der Waals surface area contributed by atoms with Crippen LogP contribution in [0, 0.1) is 6.92 Å². The van der Waals surface area contributed by atoms with Gasteiger partial charge in [-0.1, -0.05) is 12.1 Å². The standard InChI is InChI=1S/C26H28N4O2/c1-18-28-16-23(19-9-13-27-14-10-19)24(29-18)20-4-3-15-30(17-20)25(31)26(11-12-26)21-5-7-22(32-2)8-6-21/h5-10,13-14,16,20H,3-4,11-12,15,17H2,1-2H3/t20-/m0/s1. The first-order valence-electron chi connectivity index (χ1n) is 11.3. The molecule has 6 nitrogen and oxygen atoms in total. The lowest BCUT2D eigenvalue weighted by Crippen LogP contribution is -2.44. The molecule has 2 aromatic heterocycles. The molecule has 0 radical (unpaired) electrons. The van der Waals surface area contributed by atoms with E-state index in [2.05, 4.69) is 14.9 Å². The topological polar surface area (TPSA) is 68.2 Å². The summed E-state index contributed by atoms with van der Waals surface area (Å²) in [5.41, 5.74) is 3.86. The molecule has 0 bridgehead atoms. The summed E-state index contributed by atoms with van der Waals surface area (Å²) in [6.45, 7) is 3.43. The number of likely N-dealkylation sites (tertiary alicyclic amines) is 1. The second-order valence-corrected chi connectivity index (χ2v) is 8.85. The quantitative estimate of drug-likeness (QED) is 0.606. The minimum atomic E-state index is -0.371. The summed E-state index contributed by atoms with van der Waals surface area (Å²) in [5, 5.41) is 0. The van der Waals surface area contributed by atoms with Crippen molar-refractivity contribution in [2.45, 2.75) is 43.9 Å². The molecule has 1 saturated heterocycles. The average Bonchev–Trinajstić information content (AvgIpc) is 3.66. The predicted octanol–water partition coefficient (Wildman–Crippen LogP) is 4.29. The molecule has 32 heavy (non-hydrogen) atoms. The largest absolute Gasteiger partial charge is 0.497 e. The Labute approximate surface area is 188 Å². The average molecular weight is 429 g/mol. The van der Waals surface area contributed by atoms with E-state index in [0.717, 1.165) is 66.2 Å². The summed E-state index contributed by atoms with van der Waals surface area (Å²) in [7, 11) is 1.66. The Kier molecular flexibility index (Phi) is 5.37. The van der Waals surface area contributed by atoms with Crippen molar-refractivity contribution in [1.82, 2.24) is 19.9 Å². The van der Waals surface area contributed by atoms with E-state index in [1.165, 1.54) is 0 Å². The Morgan fingerprint density at radius 3 is 2.56 bits per heavy atom. The molecule has 1 aliphatic carbocycles. The molecule has 1 saturated carbocycles. The number of pyridine rings is 1. The van der Waals surface area contributed by atoms with Crippen LogP contribution in [0.25, 0.3) is 11.1 Å². The van der Waals surface area contributed by atoms with Crippen LogP contribution in [0.1, 0.15) is 48.7 Å². The normalized spacial score (nSPS) is 19.4. The lowest BCUT2D eigenvalue weighted by Gasteiger charge is -2.35. The molecule has 1 aromatic carbocycles. The number of amides is 1. The number of carbonyl (C=O) groups excluding carboxylic acids is 1. The van der Waals surface area contributed by atoms with Gasteiger partial charge in [0.2, 0.25) is 5.91 Å². The zero-order chi connectivity index (χ0) is 22.1. The van der Waals surface area contributed by atoms with Crippen LogP contribution in [-0.2, 0) is 10.2 Å². The number of methoxy groups -OCH3 is 1. The van der Waals surface area contributed by atoms with E-state index in [9.17, 15) is 4.79 Å². The van der Waals surface area contributed by atoms with Crippen LogP contribution >= 0.6 is 0 Å². The number of ether oxygens (including phenoxy) is 1. The molecule has 1 aliphatic heterocycles. The maximum absolute atomic E-state index is 13.7. The van der Waals surface area contributed by atoms with Crippen molar-refractivity contribution < 1.29 is 9.53 Å². The third-order valence-corrected chi connectivity index (χ3v) is 6.83.